The standard InChI is InChI=1S/C13H8Br2O3/c14-8-1-6-12(15)11(7-8)13(17)18-10-4-2-9(16)3-5-10/h1-7,16H. The second-order valence-electron chi connectivity index (χ2n) is 3.51. The molecule has 3 nitrogen and oxygen atoms in total. The molecular formula is C13H8Br2O3. The summed E-state index contributed by atoms with van der Waals surface area (Å²) in [7, 11) is 0. The predicted molar refractivity (Wildman–Crippen MR) is 74.9 cm³/mol. The van der Waals surface area contributed by atoms with Crippen LogP contribution in [0.5, 0.6) is 11.5 Å². The van der Waals surface area contributed by atoms with E-state index in [1.165, 1.54) is 24.3 Å². The zero-order valence-electron chi connectivity index (χ0n) is 9.06. The number of rotatable bonds is 2. The first-order valence-corrected chi connectivity index (χ1v) is 6.61. The third kappa shape index (κ3) is 3.11. The van der Waals surface area contributed by atoms with Gasteiger partial charge in [0.25, 0.3) is 0 Å². The second kappa shape index (κ2) is 5.54. The lowest BCUT2D eigenvalue weighted by atomic mass is 10.2. The highest BCUT2D eigenvalue weighted by Gasteiger charge is 2.13. The minimum atomic E-state index is -0.464. The monoisotopic (exact) mass is 370 g/mol. The molecule has 0 saturated heterocycles. The van der Waals surface area contributed by atoms with E-state index < -0.39 is 5.97 Å². The number of halogens is 2. The number of benzene rings is 2. The highest BCUT2D eigenvalue weighted by atomic mass is 79.9. The van der Waals surface area contributed by atoms with Crippen molar-refractivity contribution in [1.29, 1.82) is 0 Å². The van der Waals surface area contributed by atoms with Crippen molar-refractivity contribution in [1.82, 2.24) is 0 Å². The maximum absolute atomic E-state index is 11.9. The van der Waals surface area contributed by atoms with Crippen molar-refractivity contribution in [3.63, 3.8) is 0 Å². The molecule has 1 N–H and O–H groups in total. The molecule has 0 heterocycles. The Hall–Kier alpha value is -1.33. The van der Waals surface area contributed by atoms with Crippen molar-refractivity contribution >= 4 is 37.8 Å². The molecule has 2 rings (SSSR count). The molecule has 0 radical (unpaired) electrons. The van der Waals surface area contributed by atoms with Crippen LogP contribution in [0.25, 0.3) is 0 Å². The first-order valence-electron chi connectivity index (χ1n) is 5.02. The van der Waals surface area contributed by atoms with Gasteiger partial charge >= 0.3 is 5.97 Å². The van der Waals surface area contributed by atoms with Crippen molar-refractivity contribution in [3.05, 3.63) is 57.0 Å². The minimum absolute atomic E-state index is 0.124. The largest absolute Gasteiger partial charge is 0.508 e. The molecule has 0 saturated carbocycles. The average Bonchev–Trinajstić information content (AvgIpc) is 2.35. The highest BCUT2D eigenvalue weighted by molar-refractivity contribution is 9.11. The Kier molecular flexibility index (Phi) is 4.04. The van der Waals surface area contributed by atoms with Crippen LogP contribution in [0.3, 0.4) is 0 Å². The summed E-state index contributed by atoms with van der Waals surface area (Å²) in [6.07, 6.45) is 0. The molecule has 0 amide bonds. The lowest BCUT2D eigenvalue weighted by Crippen LogP contribution is -2.09. The number of phenols is 1. The van der Waals surface area contributed by atoms with E-state index in [2.05, 4.69) is 31.9 Å². The second-order valence-corrected chi connectivity index (χ2v) is 5.28. The van der Waals surface area contributed by atoms with Crippen LogP contribution in [0, 0.1) is 0 Å². The third-order valence-corrected chi connectivity index (χ3v) is 3.38. The van der Waals surface area contributed by atoms with Crippen LogP contribution in [0.4, 0.5) is 0 Å². The van der Waals surface area contributed by atoms with E-state index in [9.17, 15) is 4.79 Å². The van der Waals surface area contributed by atoms with Gasteiger partial charge in [0.15, 0.2) is 0 Å². The van der Waals surface area contributed by atoms with Crippen LogP contribution in [0.2, 0.25) is 0 Å². The number of esters is 1. The van der Waals surface area contributed by atoms with Gasteiger partial charge in [0.1, 0.15) is 11.5 Å². The molecule has 0 aliphatic carbocycles. The first kappa shape index (κ1) is 13.1. The fourth-order valence-corrected chi connectivity index (χ4v) is 2.10. The smallest absolute Gasteiger partial charge is 0.344 e. The van der Waals surface area contributed by atoms with Gasteiger partial charge in [0, 0.05) is 8.95 Å². The van der Waals surface area contributed by atoms with Crippen molar-refractivity contribution in [2.75, 3.05) is 0 Å². The summed E-state index contributed by atoms with van der Waals surface area (Å²) in [6.45, 7) is 0. The average molecular weight is 372 g/mol. The van der Waals surface area contributed by atoms with Crippen molar-refractivity contribution < 1.29 is 14.6 Å². The summed E-state index contributed by atoms with van der Waals surface area (Å²) in [5, 5.41) is 9.13. The molecular weight excluding hydrogens is 364 g/mol. The summed E-state index contributed by atoms with van der Waals surface area (Å²) in [5.74, 6) is 0.0389. The molecule has 0 fully saturated rings. The molecule has 18 heavy (non-hydrogen) atoms. The molecule has 0 atom stereocenters. The Labute approximate surface area is 121 Å². The van der Waals surface area contributed by atoms with E-state index in [1.807, 2.05) is 6.07 Å². The molecule has 2 aromatic rings. The van der Waals surface area contributed by atoms with E-state index in [0.717, 1.165) is 4.47 Å². The number of carbonyl (C=O) groups excluding carboxylic acids is 1. The molecule has 0 aromatic heterocycles. The zero-order chi connectivity index (χ0) is 13.1. The maximum Gasteiger partial charge on any atom is 0.344 e. The van der Waals surface area contributed by atoms with Crippen LogP contribution in [-0.4, -0.2) is 11.1 Å². The number of hydrogen-bond donors (Lipinski definition) is 1. The number of ether oxygens (including phenoxy) is 1. The van der Waals surface area contributed by atoms with Gasteiger partial charge in [-0.3, -0.25) is 0 Å². The van der Waals surface area contributed by atoms with E-state index in [1.54, 1.807) is 12.1 Å². The predicted octanol–water partition coefficient (Wildman–Crippen LogP) is 4.14. The molecule has 2 aromatic carbocycles. The van der Waals surface area contributed by atoms with Gasteiger partial charge in [0.05, 0.1) is 5.56 Å². The van der Waals surface area contributed by atoms with E-state index in [4.69, 9.17) is 9.84 Å². The quantitative estimate of drug-likeness (QED) is 0.637. The van der Waals surface area contributed by atoms with E-state index in [-0.39, 0.29) is 5.75 Å². The van der Waals surface area contributed by atoms with Crippen LogP contribution in [0.15, 0.2) is 51.4 Å². The Morgan fingerprint density at radius 3 is 2.39 bits per heavy atom. The van der Waals surface area contributed by atoms with Gasteiger partial charge in [-0.25, -0.2) is 4.79 Å². The number of hydrogen-bond acceptors (Lipinski definition) is 3. The molecule has 0 spiro atoms. The van der Waals surface area contributed by atoms with Gasteiger partial charge < -0.3 is 9.84 Å². The van der Waals surface area contributed by atoms with Crippen molar-refractivity contribution in [3.8, 4) is 11.5 Å². The summed E-state index contributed by atoms with van der Waals surface area (Å²) in [5.41, 5.74) is 0.428. The summed E-state index contributed by atoms with van der Waals surface area (Å²) in [6, 6.07) is 11.2. The number of aromatic hydroxyl groups is 1. The highest BCUT2D eigenvalue weighted by Crippen LogP contribution is 2.24. The summed E-state index contributed by atoms with van der Waals surface area (Å²) < 4.78 is 6.65. The third-order valence-electron chi connectivity index (χ3n) is 2.20. The lowest BCUT2D eigenvalue weighted by molar-refractivity contribution is 0.0733. The minimum Gasteiger partial charge on any atom is -0.508 e. The fraction of sp³-hybridized carbons (Fsp3) is 0. The van der Waals surface area contributed by atoms with Crippen LogP contribution in [-0.2, 0) is 0 Å². The Morgan fingerprint density at radius 2 is 1.72 bits per heavy atom. The summed E-state index contributed by atoms with van der Waals surface area (Å²) in [4.78, 5) is 11.9. The Balaban J connectivity index is 2.21. The zero-order valence-corrected chi connectivity index (χ0v) is 12.2. The molecule has 0 aliphatic heterocycles. The van der Waals surface area contributed by atoms with Gasteiger partial charge in [-0.1, -0.05) is 15.9 Å². The van der Waals surface area contributed by atoms with Crippen LogP contribution < -0.4 is 4.74 Å². The van der Waals surface area contributed by atoms with Crippen LogP contribution in [0.1, 0.15) is 10.4 Å². The SMILES string of the molecule is O=C(Oc1ccc(O)cc1)c1cc(Br)ccc1Br. The normalized spacial score (nSPS) is 10.1. The number of phenolic OH excluding ortho intramolecular Hbond substituents is 1. The Bertz CT molecular complexity index is 579. The Morgan fingerprint density at radius 1 is 1.06 bits per heavy atom. The molecule has 5 heteroatoms. The van der Waals surface area contributed by atoms with E-state index in [0.29, 0.717) is 15.8 Å². The first-order chi connectivity index (χ1) is 8.56. The molecule has 0 aliphatic rings. The maximum atomic E-state index is 11.9. The summed E-state index contributed by atoms with van der Waals surface area (Å²) >= 11 is 6.59. The lowest BCUT2D eigenvalue weighted by Gasteiger charge is -2.06. The van der Waals surface area contributed by atoms with Gasteiger partial charge in [-0.15, -0.1) is 0 Å². The van der Waals surface area contributed by atoms with Gasteiger partial charge in [0.2, 0.25) is 0 Å². The van der Waals surface area contributed by atoms with Crippen LogP contribution >= 0.6 is 31.9 Å². The topological polar surface area (TPSA) is 46.5 Å². The fourth-order valence-electron chi connectivity index (χ4n) is 1.33. The molecule has 92 valence electrons. The van der Waals surface area contributed by atoms with Gasteiger partial charge in [-0.05, 0) is 58.4 Å². The number of carbonyl (C=O) groups is 1. The van der Waals surface area contributed by atoms with Crippen molar-refractivity contribution in [2.45, 2.75) is 0 Å². The van der Waals surface area contributed by atoms with Crippen molar-refractivity contribution in [2.24, 2.45) is 0 Å². The van der Waals surface area contributed by atoms with E-state index >= 15 is 0 Å². The molecule has 0 unspecified atom stereocenters. The van der Waals surface area contributed by atoms with Gasteiger partial charge in [-0.2, -0.15) is 0 Å². The molecule has 0 bridgehead atoms.